The fraction of sp³-hybridized carbons (Fsp3) is 0.208. The van der Waals surface area contributed by atoms with Gasteiger partial charge in [-0.1, -0.05) is 24.3 Å². The van der Waals surface area contributed by atoms with Gasteiger partial charge in [0.05, 0.1) is 11.9 Å². The molecule has 1 aromatic heterocycles. The number of nitrogen functional groups attached to an aromatic ring is 2. The van der Waals surface area contributed by atoms with E-state index in [1.54, 1.807) is 42.5 Å². The highest BCUT2D eigenvalue weighted by atomic mass is 16.2. The van der Waals surface area contributed by atoms with Crippen molar-refractivity contribution in [3.8, 4) is 11.3 Å². The molecule has 35 heavy (non-hydrogen) atoms. The first-order valence-corrected chi connectivity index (χ1v) is 10.9. The number of hydrogen-bond acceptors (Lipinski definition) is 7. The molecular weight excluding hydrogens is 448 g/mol. The largest absolute Gasteiger partial charge is 0.399 e. The van der Waals surface area contributed by atoms with Gasteiger partial charge in [0.2, 0.25) is 12.3 Å². The van der Waals surface area contributed by atoms with E-state index in [-0.39, 0.29) is 36.7 Å². The summed E-state index contributed by atoms with van der Waals surface area (Å²) in [5.74, 6) is -0.309. The standard InChI is InChI=1S/C24H28N8O3/c1-14(2)31-23-24(35)32(12-21(34)28-10-15-3-5-16(6-4-15)22(26)27)20(11-29-23)17-7-18(25)9-19(8-17)30-13-33/h3-9,11,13-14H,10,12,25H2,1-2H3,(H3,26,27)(H,28,34)(H,29,31)(H,30,33). The third-order valence-corrected chi connectivity index (χ3v) is 5.01. The lowest BCUT2D eigenvalue weighted by atomic mass is 10.1. The van der Waals surface area contributed by atoms with Crippen molar-refractivity contribution in [2.45, 2.75) is 33.0 Å². The molecule has 0 unspecified atom stereocenters. The molecule has 0 fully saturated rings. The normalized spacial score (nSPS) is 10.6. The Labute approximate surface area is 202 Å². The zero-order valence-corrected chi connectivity index (χ0v) is 19.5. The van der Waals surface area contributed by atoms with Gasteiger partial charge in [-0.05, 0) is 37.6 Å². The lowest BCUT2D eigenvalue weighted by Gasteiger charge is -2.17. The summed E-state index contributed by atoms with van der Waals surface area (Å²) in [4.78, 5) is 41.2. The maximum Gasteiger partial charge on any atom is 0.294 e. The van der Waals surface area contributed by atoms with Gasteiger partial charge in [-0.15, -0.1) is 0 Å². The van der Waals surface area contributed by atoms with Gasteiger partial charge < -0.3 is 27.4 Å². The second-order valence-corrected chi connectivity index (χ2v) is 8.18. The average molecular weight is 477 g/mol. The molecule has 11 nitrogen and oxygen atoms in total. The number of nitrogens with two attached hydrogens (primary N) is 2. The predicted octanol–water partition coefficient (Wildman–Crippen LogP) is 1.48. The minimum atomic E-state index is -0.468. The van der Waals surface area contributed by atoms with Crippen LogP contribution in [0.4, 0.5) is 17.2 Å². The van der Waals surface area contributed by atoms with E-state index in [1.165, 1.54) is 10.8 Å². The van der Waals surface area contributed by atoms with E-state index in [0.717, 1.165) is 5.56 Å². The summed E-state index contributed by atoms with van der Waals surface area (Å²) >= 11 is 0. The van der Waals surface area contributed by atoms with Crippen LogP contribution in [0.15, 0.2) is 53.5 Å². The Bertz CT molecular complexity index is 1300. The molecule has 2 amide bonds. The number of nitrogens with one attached hydrogen (secondary N) is 4. The molecule has 8 N–H and O–H groups in total. The SMILES string of the molecule is CC(C)Nc1ncc(-c2cc(N)cc(NC=O)c2)n(CC(=O)NCc2ccc(C(=N)N)cc2)c1=O. The Hall–Kier alpha value is -4.67. The molecule has 1 heterocycles. The highest BCUT2D eigenvalue weighted by Gasteiger charge is 2.16. The number of hydrogen-bond donors (Lipinski definition) is 6. The molecule has 3 aromatic rings. The van der Waals surface area contributed by atoms with Crippen LogP contribution in [0.3, 0.4) is 0 Å². The fourth-order valence-electron chi connectivity index (χ4n) is 3.40. The van der Waals surface area contributed by atoms with E-state index in [1.807, 2.05) is 13.8 Å². The summed E-state index contributed by atoms with van der Waals surface area (Å²) in [5, 5.41) is 15.8. The molecule has 0 atom stereocenters. The fourth-order valence-corrected chi connectivity index (χ4v) is 3.40. The number of aromatic nitrogens is 2. The molecule has 182 valence electrons. The van der Waals surface area contributed by atoms with Crippen LogP contribution in [0, 0.1) is 5.41 Å². The number of amidine groups is 1. The average Bonchev–Trinajstić information content (AvgIpc) is 2.80. The van der Waals surface area contributed by atoms with Crippen LogP contribution in [0.2, 0.25) is 0 Å². The number of amides is 2. The number of rotatable bonds is 10. The van der Waals surface area contributed by atoms with Crippen molar-refractivity contribution in [1.82, 2.24) is 14.9 Å². The van der Waals surface area contributed by atoms with E-state index in [4.69, 9.17) is 16.9 Å². The lowest BCUT2D eigenvalue weighted by molar-refractivity contribution is -0.121. The van der Waals surface area contributed by atoms with Crippen LogP contribution in [-0.4, -0.2) is 33.7 Å². The van der Waals surface area contributed by atoms with Crippen molar-refractivity contribution in [3.63, 3.8) is 0 Å². The Morgan fingerprint density at radius 2 is 1.91 bits per heavy atom. The number of nitrogens with zero attached hydrogens (tertiary/aromatic N) is 2. The van der Waals surface area contributed by atoms with Crippen molar-refractivity contribution in [2.75, 3.05) is 16.4 Å². The van der Waals surface area contributed by atoms with Gasteiger partial charge in [-0.2, -0.15) is 0 Å². The molecule has 3 rings (SSSR count). The monoisotopic (exact) mass is 476 g/mol. The molecule has 0 saturated carbocycles. The van der Waals surface area contributed by atoms with Gasteiger partial charge >= 0.3 is 0 Å². The molecule has 0 aliphatic rings. The number of carbonyl (C=O) groups excluding carboxylic acids is 2. The maximum absolute atomic E-state index is 13.2. The van der Waals surface area contributed by atoms with Crippen LogP contribution < -0.4 is 33.0 Å². The minimum Gasteiger partial charge on any atom is -0.399 e. The van der Waals surface area contributed by atoms with Crippen molar-refractivity contribution in [1.29, 1.82) is 5.41 Å². The third kappa shape index (κ3) is 6.44. The van der Waals surface area contributed by atoms with Gasteiger partial charge in [0.25, 0.3) is 5.56 Å². The van der Waals surface area contributed by atoms with Crippen LogP contribution in [0.5, 0.6) is 0 Å². The molecule has 0 aliphatic carbocycles. The number of benzene rings is 2. The molecule has 0 saturated heterocycles. The molecule has 0 radical (unpaired) electrons. The van der Waals surface area contributed by atoms with Crippen LogP contribution in [-0.2, 0) is 22.7 Å². The smallest absolute Gasteiger partial charge is 0.294 e. The molecular formula is C24H28N8O3. The van der Waals surface area contributed by atoms with Gasteiger partial charge in [0, 0.05) is 35.1 Å². The summed E-state index contributed by atoms with van der Waals surface area (Å²) in [6.45, 7) is 3.71. The van der Waals surface area contributed by atoms with E-state index < -0.39 is 5.56 Å². The van der Waals surface area contributed by atoms with Gasteiger partial charge in [0.15, 0.2) is 5.82 Å². The molecule has 2 aromatic carbocycles. The van der Waals surface area contributed by atoms with E-state index in [0.29, 0.717) is 34.6 Å². The molecule has 0 aliphatic heterocycles. The summed E-state index contributed by atoms with van der Waals surface area (Å²) in [6, 6.07) is 11.7. The number of carbonyl (C=O) groups is 2. The zero-order valence-electron chi connectivity index (χ0n) is 19.5. The van der Waals surface area contributed by atoms with Crippen LogP contribution in [0.1, 0.15) is 25.0 Å². The number of anilines is 3. The Balaban J connectivity index is 1.91. The molecule has 0 spiro atoms. The first kappa shape index (κ1) is 25.0. The minimum absolute atomic E-state index is 0.0379. The maximum atomic E-state index is 13.2. The van der Waals surface area contributed by atoms with Crippen molar-refractivity contribution >= 4 is 35.3 Å². The summed E-state index contributed by atoms with van der Waals surface area (Å²) in [6.07, 6.45) is 2.01. The van der Waals surface area contributed by atoms with E-state index >= 15 is 0 Å². The van der Waals surface area contributed by atoms with Gasteiger partial charge in [0.1, 0.15) is 12.4 Å². The van der Waals surface area contributed by atoms with E-state index in [9.17, 15) is 14.4 Å². The second-order valence-electron chi connectivity index (χ2n) is 8.18. The summed E-state index contributed by atoms with van der Waals surface area (Å²) in [7, 11) is 0. The van der Waals surface area contributed by atoms with Gasteiger partial charge in [-0.25, -0.2) is 4.98 Å². The quantitative estimate of drug-likeness (QED) is 0.111. The first-order chi connectivity index (χ1) is 16.7. The molecule has 11 heteroatoms. The Kier molecular flexibility index (Phi) is 7.82. The van der Waals surface area contributed by atoms with Crippen molar-refractivity contribution < 1.29 is 9.59 Å². The highest BCUT2D eigenvalue weighted by molar-refractivity contribution is 5.94. The van der Waals surface area contributed by atoms with Crippen LogP contribution >= 0.6 is 0 Å². The van der Waals surface area contributed by atoms with Crippen LogP contribution in [0.25, 0.3) is 11.3 Å². The molecule has 0 bridgehead atoms. The predicted molar refractivity (Wildman–Crippen MR) is 136 cm³/mol. The summed E-state index contributed by atoms with van der Waals surface area (Å²) < 4.78 is 1.31. The highest BCUT2D eigenvalue weighted by Crippen LogP contribution is 2.25. The van der Waals surface area contributed by atoms with E-state index in [2.05, 4.69) is 20.9 Å². The second kappa shape index (κ2) is 11.0. The zero-order chi connectivity index (χ0) is 25.5. The topological polar surface area (TPSA) is 181 Å². The first-order valence-electron chi connectivity index (χ1n) is 10.9. The third-order valence-electron chi connectivity index (χ3n) is 5.01. The lowest BCUT2D eigenvalue weighted by Crippen LogP contribution is -2.35. The Morgan fingerprint density at radius 1 is 1.20 bits per heavy atom. The summed E-state index contributed by atoms with van der Waals surface area (Å²) in [5.41, 5.74) is 14.1. The van der Waals surface area contributed by atoms with Crippen molar-refractivity contribution in [3.05, 3.63) is 70.1 Å². The van der Waals surface area contributed by atoms with Gasteiger partial charge in [-0.3, -0.25) is 24.4 Å². The van der Waals surface area contributed by atoms with Crippen molar-refractivity contribution in [2.24, 2.45) is 5.73 Å². The Morgan fingerprint density at radius 3 is 2.54 bits per heavy atom.